The maximum Gasteiger partial charge on any atom is 0.234 e. The minimum atomic E-state index is 0.126. The second-order valence-corrected chi connectivity index (χ2v) is 6.33. The molecule has 0 aliphatic heterocycles. The summed E-state index contributed by atoms with van der Waals surface area (Å²) in [6, 6.07) is 7.98. The summed E-state index contributed by atoms with van der Waals surface area (Å²) < 4.78 is 5.15. The summed E-state index contributed by atoms with van der Waals surface area (Å²) >= 11 is 0. The van der Waals surface area contributed by atoms with Crippen molar-refractivity contribution >= 4 is 5.91 Å². The zero-order valence-corrected chi connectivity index (χ0v) is 13.8. The van der Waals surface area contributed by atoms with Crippen LogP contribution in [0.1, 0.15) is 37.7 Å². The van der Waals surface area contributed by atoms with E-state index < -0.39 is 0 Å². The molecular formula is C18H28N2O2. The molecule has 1 aliphatic rings. The highest BCUT2D eigenvalue weighted by Gasteiger charge is 2.14. The van der Waals surface area contributed by atoms with Gasteiger partial charge in [0.1, 0.15) is 5.75 Å². The van der Waals surface area contributed by atoms with Crippen molar-refractivity contribution in [1.82, 2.24) is 10.2 Å². The minimum Gasteiger partial charge on any atom is -0.497 e. The van der Waals surface area contributed by atoms with Crippen LogP contribution < -0.4 is 10.1 Å². The number of hydrogen-bond donors (Lipinski definition) is 1. The van der Waals surface area contributed by atoms with Gasteiger partial charge in [-0.25, -0.2) is 0 Å². The first-order valence-corrected chi connectivity index (χ1v) is 8.25. The summed E-state index contributed by atoms with van der Waals surface area (Å²) in [5.41, 5.74) is 1.18. The van der Waals surface area contributed by atoms with Crippen molar-refractivity contribution in [2.24, 2.45) is 5.92 Å². The van der Waals surface area contributed by atoms with Gasteiger partial charge in [-0.2, -0.15) is 0 Å². The number of ether oxygens (including phenoxy) is 1. The lowest BCUT2D eigenvalue weighted by Gasteiger charge is -2.22. The second-order valence-electron chi connectivity index (χ2n) is 6.33. The van der Waals surface area contributed by atoms with E-state index in [2.05, 4.69) is 5.32 Å². The second kappa shape index (κ2) is 8.79. The van der Waals surface area contributed by atoms with Crippen molar-refractivity contribution in [3.8, 4) is 5.75 Å². The van der Waals surface area contributed by atoms with Gasteiger partial charge < -0.3 is 10.1 Å². The predicted molar refractivity (Wildman–Crippen MR) is 88.9 cm³/mol. The average Bonchev–Trinajstić information content (AvgIpc) is 2.54. The van der Waals surface area contributed by atoms with E-state index in [4.69, 9.17) is 4.74 Å². The Kier molecular flexibility index (Phi) is 6.72. The summed E-state index contributed by atoms with van der Waals surface area (Å²) in [6.45, 7) is 2.05. The van der Waals surface area contributed by atoms with Crippen LogP contribution >= 0.6 is 0 Å². The number of likely N-dealkylation sites (N-methyl/N-ethyl adjacent to an activating group) is 1. The number of benzene rings is 1. The van der Waals surface area contributed by atoms with Crippen LogP contribution in [0.25, 0.3) is 0 Å². The van der Waals surface area contributed by atoms with Gasteiger partial charge in [0, 0.05) is 13.1 Å². The Morgan fingerprint density at radius 3 is 2.55 bits per heavy atom. The maximum atomic E-state index is 12.0. The van der Waals surface area contributed by atoms with Gasteiger partial charge in [0.25, 0.3) is 0 Å². The molecule has 1 saturated carbocycles. The molecule has 4 heteroatoms. The van der Waals surface area contributed by atoms with E-state index in [0.29, 0.717) is 12.5 Å². The number of amides is 1. The summed E-state index contributed by atoms with van der Waals surface area (Å²) in [5, 5.41) is 3.09. The van der Waals surface area contributed by atoms with E-state index in [1.165, 1.54) is 37.7 Å². The van der Waals surface area contributed by atoms with E-state index in [0.717, 1.165) is 18.8 Å². The first-order valence-electron chi connectivity index (χ1n) is 8.25. The van der Waals surface area contributed by atoms with E-state index in [-0.39, 0.29) is 5.91 Å². The molecule has 0 bridgehead atoms. The van der Waals surface area contributed by atoms with Crippen LogP contribution in [0, 0.1) is 5.92 Å². The van der Waals surface area contributed by atoms with Crippen molar-refractivity contribution in [3.05, 3.63) is 29.8 Å². The highest BCUT2D eigenvalue weighted by atomic mass is 16.5. The molecule has 2 rings (SSSR count). The topological polar surface area (TPSA) is 41.6 Å². The number of nitrogens with one attached hydrogen (secondary N) is 1. The number of methoxy groups -OCH3 is 1. The number of carbonyl (C=O) groups is 1. The largest absolute Gasteiger partial charge is 0.497 e. The fourth-order valence-electron chi connectivity index (χ4n) is 3.05. The monoisotopic (exact) mass is 304 g/mol. The molecule has 1 aliphatic carbocycles. The Bertz CT molecular complexity index is 453. The van der Waals surface area contributed by atoms with Crippen LogP contribution in [-0.2, 0) is 11.3 Å². The summed E-state index contributed by atoms with van der Waals surface area (Å²) in [7, 11) is 3.64. The van der Waals surface area contributed by atoms with Crippen molar-refractivity contribution in [2.75, 3.05) is 27.2 Å². The number of nitrogens with zero attached hydrogens (tertiary/aromatic N) is 1. The lowest BCUT2D eigenvalue weighted by molar-refractivity contribution is -0.122. The normalized spacial score (nSPS) is 15.8. The third-order valence-corrected chi connectivity index (χ3v) is 4.34. The molecule has 0 atom stereocenters. The van der Waals surface area contributed by atoms with Crippen molar-refractivity contribution in [2.45, 2.75) is 38.6 Å². The van der Waals surface area contributed by atoms with Crippen LogP contribution in [0.15, 0.2) is 24.3 Å². The highest BCUT2D eigenvalue weighted by molar-refractivity contribution is 5.77. The van der Waals surface area contributed by atoms with E-state index in [1.807, 2.05) is 36.2 Å². The van der Waals surface area contributed by atoms with Gasteiger partial charge in [0.2, 0.25) is 5.91 Å². The van der Waals surface area contributed by atoms with Gasteiger partial charge in [0.05, 0.1) is 13.7 Å². The first kappa shape index (κ1) is 16.8. The van der Waals surface area contributed by atoms with Crippen LogP contribution in [0.5, 0.6) is 5.75 Å². The molecule has 1 aromatic carbocycles. The molecule has 122 valence electrons. The molecule has 22 heavy (non-hydrogen) atoms. The Morgan fingerprint density at radius 2 is 1.91 bits per heavy atom. The molecule has 1 aromatic rings. The van der Waals surface area contributed by atoms with Crippen molar-refractivity contribution < 1.29 is 9.53 Å². The van der Waals surface area contributed by atoms with Gasteiger partial charge in [-0.05, 0) is 43.5 Å². The van der Waals surface area contributed by atoms with Crippen LogP contribution in [0.2, 0.25) is 0 Å². The van der Waals surface area contributed by atoms with Crippen LogP contribution in [0.3, 0.4) is 0 Å². The quantitative estimate of drug-likeness (QED) is 0.842. The molecule has 0 saturated heterocycles. The molecule has 0 radical (unpaired) electrons. The Hall–Kier alpha value is -1.55. The Balaban J connectivity index is 1.68. The van der Waals surface area contributed by atoms with Gasteiger partial charge in [0.15, 0.2) is 0 Å². The molecule has 4 nitrogen and oxygen atoms in total. The fourth-order valence-corrected chi connectivity index (χ4v) is 3.05. The minimum absolute atomic E-state index is 0.126. The predicted octanol–water partition coefficient (Wildman–Crippen LogP) is 2.82. The number of rotatable bonds is 7. The van der Waals surface area contributed by atoms with E-state index in [1.54, 1.807) is 7.11 Å². The van der Waals surface area contributed by atoms with Crippen molar-refractivity contribution in [3.63, 3.8) is 0 Å². The lowest BCUT2D eigenvalue weighted by Crippen LogP contribution is -2.37. The summed E-state index contributed by atoms with van der Waals surface area (Å²) in [6.07, 6.45) is 6.52. The van der Waals surface area contributed by atoms with Gasteiger partial charge in [-0.15, -0.1) is 0 Å². The van der Waals surface area contributed by atoms with Crippen molar-refractivity contribution in [1.29, 1.82) is 0 Å². The zero-order chi connectivity index (χ0) is 15.8. The van der Waals surface area contributed by atoms with Gasteiger partial charge >= 0.3 is 0 Å². The van der Waals surface area contributed by atoms with Crippen LogP contribution in [-0.4, -0.2) is 38.1 Å². The molecule has 0 unspecified atom stereocenters. The number of carbonyl (C=O) groups excluding carboxylic acids is 1. The molecule has 0 spiro atoms. The third kappa shape index (κ3) is 5.68. The third-order valence-electron chi connectivity index (χ3n) is 4.34. The first-order chi connectivity index (χ1) is 10.7. The van der Waals surface area contributed by atoms with E-state index >= 15 is 0 Å². The summed E-state index contributed by atoms with van der Waals surface area (Å²) in [4.78, 5) is 14.1. The lowest BCUT2D eigenvalue weighted by atomic mass is 9.89. The molecule has 0 aromatic heterocycles. The molecule has 1 fully saturated rings. The molecule has 1 amide bonds. The fraction of sp³-hybridized carbons (Fsp3) is 0.611. The molecular weight excluding hydrogens is 276 g/mol. The Morgan fingerprint density at radius 1 is 1.23 bits per heavy atom. The van der Waals surface area contributed by atoms with Gasteiger partial charge in [-0.1, -0.05) is 31.4 Å². The Labute approximate surface area is 133 Å². The van der Waals surface area contributed by atoms with E-state index in [9.17, 15) is 4.79 Å². The summed E-state index contributed by atoms with van der Waals surface area (Å²) in [5.74, 6) is 1.67. The maximum absolute atomic E-state index is 12.0. The number of hydrogen-bond acceptors (Lipinski definition) is 3. The van der Waals surface area contributed by atoms with Crippen LogP contribution in [0.4, 0.5) is 0 Å². The average molecular weight is 304 g/mol. The molecule has 0 heterocycles. The SMILES string of the molecule is COc1ccc(CN(C)CC(=O)NCC2CCCCC2)cc1. The smallest absolute Gasteiger partial charge is 0.234 e. The molecule has 1 N–H and O–H groups in total. The highest BCUT2D eigenvalue weighted by Crippen LogP contribution is 2.22. The standard InChI is InChI=1S/C18H28N2O2/c1-20(13-16-8-10-17(22-2)11-9-16)14-18(21)19-12-15-6-4-3-5-7-15/h8-11,15H,3-7,12-14H2,1-2H3,(H,19,21). The zero-order valence-electron chi connectivity index (χ0n) is 13.8. The van der Waals surface area contributed by atoms with Gasteiger partial charge in [-0.3, -0.25) is 9.69 Å².